The lowest BCUT2D eigenvalue weighted by Crippen LogP contribution is -2.05. The number of aromatic amines is 1. The highest BCUT2D eigenvalue weighted by Gasteiger charge is 1.96. The second-order valence-corrected chi connectivity index (χ2v) is 3.94. The van der Waals surface area contributed by atoms with Gasteiger partial charge in [-0.1, -0.05) is 24.3 Å². The van der Waals surface area contributed by atoms with Gasteiger partial charge in [-0.05, 0) is 36.6 Å². The van der Waals surface area contributed by atoms with Gasteiger partial charge in [0.15, 0.2) is 0 Å². The second-order valence-electron chi connectivity index (χ2n) is 3.94. The Morgan fingerprint density at radius 2 is 2.00 bits per heavy atom. The van der Waals surface area contributed by atoms with Crippen LogP contribution in [0.25, 0.3) is 12.2 Å². The maximum Gasteiger partial charge on any atom is 0.251 e. The van der Waals surface area contributed by atoms with Crippen LogP contribution in [0.3, 0.4) is 0 Å². The lowest BCUT2D eigenvalue weighted by molar-refractivity contribution is 1.09. The number of nitrogens with zero attached hydrogens (tertiary/aromatic N) is 1. The van der Waals surface area contributed by atoms with Crippen LogP contribution in [0.4, 0.5) is 0 Å². The van der Waals surface area contributed by atoms with E-state index in [0.29, 0.717) is 5.82 Å². The minimum atomic E-state index is -0.138. The molecular weight excluding hydrogens is 212 g/mol. The summed E-state index contributed by atoms with van der Waals surface area (Å²) >= 11 is 0. The van der Waals surface area contributed by atoms with Crippen molar-refractivity contribution in [2.24, 2.45) is 0 Å². The SMILES string of the molecule is Cc1cccc(/C=C/c2nccc(=O)[nH]2)c1C. The van der Waals surface area contributed by atoms with Crippen LogP contribution in [0.1, 0.15) is 22.5 Å². The van der Waals surface area contributed by atoms with Crippen LogP contribution in [0.2, 0.25) is 0 Å². The average molecular weight is 226 g/mol. The molecule has 86 valence electrons. The van der Waals surface area contributed by atoms with Crippen molar-refractivity contribution in [3.05, 3.63) is 63.3 Å². The Labute approximate surface area is 99.9 Å². The minimum Gasteiger partial charge on any atom is -0.307 e. The van der Waals surface area contributed by atoms with Gasteiger partial charge in [-0.2, -0.15) is 0 Å². The first kappa shape index (κ1) is 11.3. The van der Waals surface area contributed by atoms with Gasteiger partial charge in [-0.25, -0.2) is 4.98 Å². The molecule has 1 N–H and O–H groups in total. The van der Waals surface area contributed by atoms with Crippen molar-refractivity contribution >= 4 is 12.2 Å². The highest BCUT2D eigenvalue weighted by Crippen LogP contribution is 2.14. The monoisotopic (exact) mass is 226 g/mol. The molecule has 3 nitrogen and oxygen atoms in total. The number of H-pyrrole nitrogens is 1. The van der Waals surface area contributed by atoms with Crippen LogP contribution < -0.4 is 5.56 Å². The summed E-state index contributed by atoms with van der Waals surface area (Å²) in [6.45, 7) is 4.16. The van der Waals surface area contributed by atoms with E-state index in [1.54, 1.807) is 0 Å². The summed E-state index contributed by atoms with van der Waals surface area (Å²) in [5.74, 6) is 0.568. The van der Waals surface area contributed by atoms with E-state index in [2.05, 4.69) is 29.9 Å². The molecule has 0 fully saturated rings. The standard InChI is InChI=1S/C14H14N2O/c1-10-4-3-5-12(11(10)2)6-7-13-15-9-8-14(17)16-13/h3-9H,1-2H3,(H,15,16,17)/b7-6+. The number of hydrogen-bond donors (Lipinski definition) is 1. The van der Waals surface area contributed by atoms with Gasteiger partial charge in [0.2, 0.25) is 0 Å². The van der Waals surface area contributed by atoms with Crippen molar-refractivity contribution in [3.8, 4) is 0 Å². The van der Waals surface area contributed by atoms with Crippen molar-refractivity contribution in [1.29, 1.82) is 0 Å². The molecule has 0 aliphatic carbocycles. The third-order valence-corrected chi connectivity index (χ3v) is 2.76. The molecule has 1 aromatic carbocycles. The third-order valence-electron chi connectivity index (χ3n) is 2.76. The zero-order valence-electron chi connectivity index (χ0n) is 9.90. The van der Waals surface area contributed by atoms with Crippen LogP contribution in [-0.2, 0) is 0 Å². The fourth-order valence-corrected chi connectivity index (χ4v) is 1.59. The van der Waals surface area contributed by atoms with E-state index in [-0.39, 0.29) is 5.56 Å². The first-order valence-corrected chi connectivity index (χ1v) is 5.46. The second kappa shape index (κ2) is 4.78. The highest BCUT2D eigenvalue weighted by atomic mass is 16.1. The Kier molecular flexibility index (Phi) is 3.19. The maximum atomic E-state index is 11.1. The van der Waals surface area contributed by atoms with Crippen LogP contribution >= 0.6 is 0 Å². The van der Waals surface area contributed by atoms with Crippen molar-refractivity contribution in [3.63, 3.8) is 0 Å². The van der Waals surface area contributed by atoms with Gasteiger partial charge in [-0.3, -0.25) is 4.79 Å². The van der Waals surface area contributed by atoms with Gasteiger partial charge in [-0.15, -0.1) is 0 Å². The fourth-order valence-electron chi connectivity index (χ4n) is 1.59. The number of rotatable bonds is 2. The summed E-state index contributed by atoms with van der Waals surface area (Å²) in [6.07, 6.45) is 5.27. The average Bonchev–Trinajstić information content (AvgIpc) is 2.31. The molecule has 0 unspecified atom stereocenters. The lowest BCUT2D eigenvalue weighted by Gasteiger charge is -2.03. The van der Waals surface area contributed by atoms with E-state index in [9.17, 15) is 4.79 Å². The predicted octanol–water partition coefficient (Wildman–Crippen LogP) is 2.56. The smallest absolute Gasteiger partial charge is 0.251 e. The van der Waals surface area contributed by atoms with Crippen LogP contribution in [0.5, 0.6) is 0 Å². The number of hydrogen-bond acceptors (Lipinski definition) is 2. The molecule has 17 heavy (non-hydrogen) atoms. The van der Waals surface area contributed by atoms with Crippen molar-refractivity contribution in [1.82, 2.24) is 9.97 Å². The predicted molar refractivity (Wildman–Crippen MR) is 69.7 cm³/mol. The third kappa shape index (κ3) is 2.69. The molecule has 0 atom stereocenters. The number of aryl methyl sites for hydroxylation is 1. The largest absolute Gasteiger partial charge is 0.307 e. The number of benzene rings is 1. The van der Waals surface area contributed by atoms with Crippen molar-refractivity contribution in [2.45, 2.75) is 13.8 Å². The van der Waals surface area contributed by atoms with Gasteiger partial charge in [0.25, 0.3) is 5.56 Å². The molecule has 0 radical (unpaired) electrons. The quantitative estimate of drug-likeness (QED) is 0.855. The van der Waals surface area contributed by atoms with E-state index in [1.807, 2.05) is 24.3 Å². The van der Waals surface area contributed by atoms with E-state index in [4.69, 9.17) is 0 Å². The first-order chi connectivity index (χ1) is 8.16. The van der Waals surface area contributed by atoms with E-state index < -0.39 is 0 Å². The van der Waals surface area contributed by atoms with Gasteiger partial charge in [0.05, 0.1) is 0 Å². The molecule has 0 bridgehead atoms. The molecule has 3 heteroatoms. The van der Waals surface area contributed by atoms with E-state index in [0.717, 1.165) is 5.56 Å². The zero-order chi connectivity index (χ0) is 12.3. The topological polar surface area (TPSA) is 45.8 Å². The van der Waals surface area contributed by atoms with Gasteiger partial charge in [0, 0.05) is 12.3 Å². The molecule has 0 amide bonds. The molecule has 0 aliphatic heterocycles. The molecule has 2 rings (SSSR count). The lowest BCUT2D eigenvalue weighted by atomic mass is 10.0. The van der Waals surface area contributed by atoms with E-state index in [1.165, 1.54) is 23.4 Å². The normalized spacial score (nSPS) is 10.9. The van der Waals surface area contributed by atoms with Crippen LogP contribution in [-0.4, -0.2) is 9.97 Å². The zero-order valence-corrected chi connectivity index (χ0v) is 9.90. The molecular formula is C14H14N2O. The summed E-state index contributed by atoms with van der Waals surface area (Å²) in [6, 6.07) is 7.54. The summed E-state index contributed by atoms with van der Waals surface area (Å²) in [7, 11) is 0. The Morgan fingerprint density at radius 3 is 2.76 bits per heavy atom. The molecule has 0 saturated heterocycles. The first-order valence-electron chi connectivity index (χ1n) is 5.46. The van der Waals surface area contributed by atoms with Gasteiger partial charge in [0.1, 0.15) is 5.82 Å². The van der Waals surface area contributed by atoms with Gasteiger partial charge < -0.3 is 4.98 Å². The Morgan fingerprint density at radius 1 is 1.18 bits per heavy atom. The summed E-state index contributed by atoms with van der Waals surface area (Å²) < 4.78 is 0. The Hall–Kier alpha value is -2.16. The minimum absolute atomic E-state index is 0.138. The summed E-state index contributed by atoms with van der Waals surface area (Å²) in [5, 5.41) is 0. The molecule has 1 aromatic heterocycles. The van der Waals surface area contributed by atoms with Gasteiger partial charge >= 0.3 is 0 Å². The molecule has 0 aliphatic rings. The number of aromatic nitrogens is 2. The van der Waals surface area contributed by atoms with Crippen LogP contribution in [0.15, 0.2) is 35.3 Å². The summed E-state index contributed by atoms with van der Waals surface area (Å²) in [5.41, 5.74) is 3.49. The Bertz CT molecular complexity index is 612. The van der Waals surface area contributed by atoms with Crippen molar-refractivity contribution < 1.29 is 0 Å². The van der Waals surface area contributed by atoms with Crippen molar-refractivity contribution in [2.75, 3.05) is 0 Å². The summed E-state index contributed by atoms with van der Waals surface area (Å²) in [4.78, 5) is 17.8. The highest BCUT2D eigenvalue weighted by molar-refractivity contribution is 5.68. The molecule has 0 saturated carbocycles. The number of nitrogens with one attached hydrogen (secondary N) is 1. The fraction of sp³-hybridized carbons (Fsp3) is 0.143. The molecule has 2 aromatic rings. The molecule has 0 spiro atoms. The molecule has 1 heterocycles. The van der Waals surface area contributed by atoms with E-state index >= 15 is 0 Å². The maximum absolute atomic E-state index is 11.1. The Balaban J connectivity index is 2.32. The van der Waals surface area contributed by atoms with Crippen LogP contribution in [0, 0.1) is 13.8 Å².